The van der Waals surface area contributed by atoms with Crippen LogP contribution < -0.4 is 0 Å². The maximum Gasteiger partial charge on any atom is 0.123 e. The van der Waals surface area contributed by atoms with E-state index in [4.69, 9.17) is 23.2 Å². The minimum atomic E-state index is -0.211. The van der Waals surface area contributed by atoms with Gasteiger partial charge in [-0.15, -0.1) is 11.8 Å². The van der Waals surface area contributed by atoms with Gasteiger partial charge in [-0.2, -0.15) is 0 Å². The summed E-state index contributed by atoms with van der Waals surface area (Å²) < 4.78 is 12.7. The van der Waals surface area contributed by atoms with Crippen LogP contribution in [0.5, 0.6) is 0 Å². The average Bonchev–Trinajstić information content (AvgIpc) is 2.39. The molecule has 2 rings (SSSR count). The zero-order valence-electron chi connectivity index (χ0n) is 9.95. The maximum atomic E-state index is 12.7. The van der Waals surface area contributed by atoms with Crippen LogP contribution in [0.15, 0.2) is 47.9 Å². The first kappa shape index (κ1) is 14.4. The molecule has 0 spiro atoms. The number of hydrogen-bond acceptors (Lipinski definition) is 1. The van der Waals surface area contributed by atoms with E-state index < -0.39 is 0 Å². The van der Waals surface area contributed by atoms with Crippen LogP contribution in [0, 0.1) is 5.82 Å². The third-order valence-corrected chi connectivity index (χ3v) is 3.86. The van der Waals surface area contributed by atoms with E-state index in [1.54, 1.807) is 36.0 Å². The van der Waals surface area contributed by atoms with E-state index in [0.717, 1.165) is 16.9 Å². The predicted molar refractivity (Wildman–Crippen MR) is 83.2 cm³/mol. The van der Waals surface area contributed by atoms with Crippen molar-refractivity contribution in [3.63, 3.8) is 0 Å². The van der Waals surface area contributed by atoms with Crippen molar-refractivity contribution in [1.29, 1.82) is 0 Å². The van der Waals surface area contributed by atoms with Crippen molar-refractivity contribution in [3.8, 4) is 0 Å². The van der Waals surface area contributed by atoms with Crippen LogP contribution in [0.1, 0.15) is 11.1 Å². The van der Waals surface area contributed by atoms with Crippen molar-refractivity contribution in [2.75, 3.05) is 0 Å². The lowest BCUT2D eigenvalue weighted by molar-refractivity contribution is 0.627. The second-order valence-corrected chi connectivity index (χ2v) is 5.64. The molecule has 0 fully saturated rings. The highest BCUT2D eigenvalue weighted by Gasteiger charge is 1.97. The fraction of sp³-hybridized carbons (Fsp3) is 0.0667. The molecule has 0 aliphatic heterocycles. The lowest BCUT2D eigenvalue weighted by Gasteiger charge is -1.99. The summed E-state index contributed by atoms with van der Waals surface area (Å²) in [7, 11) is 0. The van der Waals surface area contributed by atoms with Gasteiger partial charge in [0.2, 0.25) is 0 Å². The molecule has 0 nitrogen and oxygen atoms in total. The molecular formula is C15H11Cl2FS. The van der Waals surface area contributed by atoms with E-state index in [0.29, 0.717) is 10.0 Å². The monoisotopic (exact) mass is 312 g/mol. The largest absolute Gasteiger partial charge is 0.207 e. The Labute approximate surface area is 126 Å². The summed E-state index contributed by atoms with van der Waals surface area (Å²) >= 11 is 13.5. The highest BCUT2D eigenvalue weighted by molar-refractivity contribution is 8.01. The second kappa shape index (κ2) is 6.99. The Morgan fingerprint density at radius 2 is 1.79 bits per heavy atom. The van der Waals surface area contributed by atoms with E-state index in [2.05, 4.69) is 0 Å². The zero-order chi connectivity index (χ0) is 13.7. The molecule has 0 aliphatic carbocycles. The van der Waals surface area contributed by atoms with Gasteiger partial charge in [-0.3, -0.25) is 0 Å². The van der Waals surface area contributed by atoms with Crippen molar-refractivity contribution in [2.24, 2.45) is 0 Å². The van der Waals surface area contributed by atoms with Gasteiger partial charge in [-0.05, 0) is 46.9 Å². The molecule has 0 saturated heterocycles. The molecule has 19 heavy (non-hydrogen) atoms. The van der Waals surface area contributed by atoms with Gasteiger partial charge in [-0.25, -0.2) is 4.39 Å². The van der Waals surface area contributed by atoms with Gasteiger partial charge >= 0.3 is 0 Å². The summed E-state index contributed by atoms with van der Waals surface area (Å²) in [6, 6.07) is 11.9. The lowest BCUT2D eigenvalue weighted by Crippen LogP contribution is -1.79. The molecule has 0 N–H and O–H groups in total. The Hall–Kier alpha value is -0.960. The van der Waals surface area contributed by atoms with Crippen LogP contribution >= 0.6 is 35.0 Å². The van der Waals surface area contributed by atoms with E-state index in [1.807, 2.05) is 17.6 Å². The van der Waals surface area contributed by atoms with Crippen molar-refractivity contribution >= 4 is 41.0 Å². The fourth-order valence-electron chi connectivity index (χ4n) is 1.48. The fourth-order valence-corrected chi connectivity index (χ4v) is 2.68. The third kappa shape index (κ3) is 4.57. The average molecular weight is 313 g/mol. The van der Waals surface area contributed by atoms with Crippen molar-refractivity contribution in [1.82, 2.24) is 0 Å². The summed E-state index contributed by atoms with van der Waals surface area (Å²) in [5.74, 6) is 0.583. The van der Waals surface area contributed by atoms with E-state index in [9.17, 15) is 4.39 Å². The normalized spacial score (nSPS) is 11.1. The molecule has 0 heterocycles. The topological polar surface area (TPSA) is 0 Å². The first-order valence-corrected chi connectivity index (χ1v) is 7.43. The maximum absolute atomic E-state index is 12.7. The minimum absolute atomic E-state index is 0.211. The summed E-state index contributed by atoms with van der Waals surface area (Å²) in [5.41, 5.74) is 2.01. The van der Waals surface area contributed by atoms with Crippen LogP contribution in [-0.2, 0) is 5.75 Å². The van der Waals surface area contributed by atoms with Gasteiger partial charge in [0.05, 0.1) is 0 Å². The summed E-state index contributed by atoms with van der Waals surface area (Å²) in [6.07, 6.45) is 1.94. The Balaban J connectivity index is 1.91. The quantitative estimate of drug-likeness (QED) is 0.663. The Morgan fingerprint density at radius 1 is 1.05 bits per heavy atom. The van der Waals surface area contributed by atoms with Crippen molar-refractivity contribution < 1.29 is 4.39 Å². The summed E-state index contributed by atoms with van der Waals surface area (Å²) in [4.78, 5) is 0. The molecule has 4 heteroatoms. The van der Waals surface area contributed by atoms with E-state index in [-0.39, 0.29) is 5.82 Å². The van der Waals surface area contributed by atoms with Crippen LogP contribution in [0.3, 0.4) is 0 Å². The molecule has 0 aliphatic rings. The smallest absolute Gasteiger partial charge is 0.123 e. The first-order valence-electron chi connectivity index (χ1n) is 5.63. The van der Waals surface area contributed by atoms with Gasteiger partial charge in [0.15, 0.2) is 0 Å². The van der Waals surface area contributed by atoms with Gasteiger partial charge in [0.1, 0.15) is 5.82 Å². The molecule has 0 saturated carbocycles. The molecule has 2 aromatic carbocycles. The SMILES string of the molecule is Fc1ccc(CSC=Cc2ccc(Cl)cc2Cl)cc1. The van der Waals surface area contributed by atoms with Gasteiger partial charge in [0.25, 0.3) is 0 Å². The Morgan fingerprint density at radius 3 is 2.47 bits per heavy atom. The highest BCUT2D eigenvalue weighted by Crippen LogP contribution is 2.23. The number of thioether (sulfide) groups is 1. The summed E-state index contributed by atoms with van der Waals surface area (Å²) in [6.45, 7) is 0. The van der Waals surface area contributed by atoms with Gasteiger partial charge in [0, 0.05) is 15.8 Å². The molecule has 0 aromatic heterocycles. The second-order valence-electron chi connectivity index (χ2n) is 3.91. The molecule has 0 amide bonds. The number of rotatable bonds is 4. The highest BCUT2D eigenvalue weighted by atomic mass is 35.5. The summed E-state index contributed by atoms with van der Waals surface area (Å²) in [5, 5.41) is 3.23. The number of hydrogen-bond donors (Lipinski definition) is 0. The standard InChI is InChI=1S/C15H11Cl2FS/c16-13-4-3-12(15(17)9-13)7-8-19-10-11-1-5-14(18)6-2-11/h1-9H,10H2. The molecule has 0 radical (unpaired) electrons. The zero-order valence-corrected chi connectivity index (χ0v) is 12.3. The van der Waals surface area contributed by atoms with Crippen LogP contribution in [0.4, 0.5) is 4.39 Å². The molecule has 98 valence electrons. The van der Waals surface area contributed by atoms with Crippen LogP contribution in [0.25, 0.3) is 6.08 Å². The van der Waals surface area contributed by atoms with Crippen LogP contribution in [-0.4, -0.2) is 0 Å². The van der Waals surface area contributed by atoms with Crippen molar-refractivity contribution in [3.05, 3.63) is 74.9 Å². The molecule has 0 bridgehead atoms. The minimum Gasteiger partial charge on any atom is -0.207 e. The number of benzene rings is 2. The van der Waals surface area contributed by atoms with Crippen molar-refractivity contribution in [2.45, 2.75) is 5.75 Å². The number of halogens is 3. The van der Waals surface area contributed by atoms with Gasteiger partial charge in [-0.1, -0.05) is 41.4 Å². The van der Waals surface area contributed by atoms with Crippen LogP contribution in [0.2, 0.25) is 10.0 Å². The van der Waals surface area contributed by atoms with E-state index in [1.165, 1.54) is 12.1 Å². The third-order valence-electron chi connectivity index (χ3n) is 2.47. The molecule has 2 aromatic rings. The van der Waals surface area contributed by atoms with E-state index >= 15 is 0 Å². The van der Waals surface area contributed by atoms with Gasteiger partial charge < -0.3 is 0 Å². The molecule has 0 atom stereocenters. The lowest BCUT2D eigenvalue weighted by atomic mass is 10.2. The molecular weight excluding hydrogens is 302 g/mol. The molecule has 0 unspecified atom stereocenters. The predicted octanol–water partition coefficient (Wildman–Crippen LogP) is 6.04. The Kier molecular flexibility index (Phi) is 5.32. The Bertz CT molecular complexity index is 579. The first-order chi connectivity index (χ1) is 9.15.